The van der Waals surface area contributed by atoms with Crippen molar-refractivity contribution in [1.82, 2.24) is 20.2 Å². The molecule has 0 fully saturated rings. The number of nitrogens with zero attached hydrogens (tertiary/aromatic N) is 4. The predicted octanol–water partition coefficient (Wildman–Crippen LogP) is 6.55. The summed E-state index contributed by atoms with van der Waals surface area (Å²) in [6, 6.07) is 24.3. The topological polar surface area (TPSA) is 72.2 Å². The molecule has 1 aromatic heterocycles. The van der Waals surface area contributed by atoms with Crippen LogP contribution >= 0.6 is 27.7 Å². The van der Waals surface area contributed by atoms with Crippen molar-refractivity contribution < 1.29 is 4.79 Å². The molecule has 0 radical (unpaired) electrons. The van der Waals surface area contributed by atoms with Crippen molar-refractivity contribution >= 4 is 39.8 Å². The highest BCUT2D eigenvalue weighted by Crippen LogP contribution is 2.30. The smallest absolute Gasteiger partial charge is 0.250 e. The van der Waals surface area contributed by atoms with Gasteiger partial charge in [0.1, 0.15) is 0 Å². The van der Waals surface area contributed by atoms with Crippen molar-refractivity contribution in [3.63, 3.8) is 0 Å². The molecule has 6 nitrogen and oxygen atoms in total. The fraction of sp³-hybridized carbons (Fsp3) is 0.214. The van der Waals surface area contributed by atoms with Gasteiger partial charge in [0.15, 0.2) is 11.0 Å². The Morgan fingerprint density at radius 3 is 2.31 bits per heavy atom. The third-order valence-electron chi connectivity index (χ3n) is 5.54. The fourth-order valence-corrected chi connectivity index (χ4v) is 4.49. The van der Waals surface area contributed by atoms with Crippen LogP contribution in [0.25, 0.3) is 17.1 Å². The molecule has 1 heterocycles. The standard InChI is InChI=1S/C28H28BrN5OS/c1-19-5-15-24(16-6-19)34-26(21-9-11-22(12-10-21)28(2,3)4)32-33-27(34)36-18-25(35)31-30-17-20-7-13-23(29)14-8-20/h5-17H,18H2,1-4H3,(H,31,35)/b30-17-. The third-order valence-corrected chi connectivity index (χ3v) is 7.00. The molecule has 1 N–H and O–H groups in total. The minimum atomic E-state index is -0.220. The number of hydrogen-bond donors (Lipinski definition) is 1. The van der Waals surface area contributed by atoms with Gasteiger partial charge in [0.25, 0.3) is 5.91 Å². The molecule has 4 aromatic rings. The molecular weight excluding hydrogens is 534 g/mol. The Morgan fingerprint density at radius 1 is 1.00 bits per heavy atom. The lowest BCUT2D eigenvalue weighted by Crippen LogP contribution is -2.20. The van der Waals surface area contributed by atoms with Gasteiger partial charge in [0.2, 0.25) is 0 Å². The van der Waals surface area contributed by atoms with Crippen LogP contribution in [0.4, 0.5) is 0 Å². The molecule has 0 unspecified atom stereocenters. The fourth-order valence-electron chi connectivity index (χ4n) is 3.49. The van der Waals surface area contributed by atoms with Crippen molar-refractivity contribution in [2.45, 2.75) is 38.3 Å². The Hall–Kier alpha value is -3.23. The molecule has 184 valence electrons. The van der Waals surface area contributed by atoms with Crippen LogP contribution in [0.2, 0.25) is 0 Å². The molecule has 0 saturated heterocycles. The quantitative estimate of drug-likeness (QED) is 0.158. The van der Waals surface area contributed by atoms with E-state index in [1.165, 1.54) is 22.9 Å². The number of thioether (sulfide) groups is 1. The van der Waals surface area contributed by atoms with Gasteiger partial charge in [-0.3, -0.25) is 9.36 Å². The van der Waals surface area contributed by atoms with Gasteiger partial charge < -0.3 is 0 Å². The molecule has 1 amide bonds. The van der Waals surface area contributed by atoms with Gasteiger partial charge >= 0.3 is 0 Å². The molecule has 0 aliphatic carbocycles. The lowest BCUT2D eigenvalue weighted by atomic mass is 9.87. The van der Waals surface area contributed by atoms with Gasteiger partial charge in [-0.15, -0.1) is 10.2 Å². The van der Waals surface area contributed by atoms with E-state index in [2.05, 4.69) is 101 Å². The molecule has 0 saturated carbocycles. The molecule has 0 aliphatic heterocycles. The maximum atomic E-state index is 12.5. The van der Waals surface area contributed by atoms with Crippen molar-refractivity contribution in [1.29, 1.82) is 0 Å². The maximum Gasteiger partial charge on any atom is 0.250 e. The van der Waals surface area contributed by atoms with Crippen LogP contribution < -0.4 is 5.43 Å². The Bertz CT molecular complexity index is 1360. The molecule has 4 rings (SSSR count). The number of rotatable bonds is 7. The molecule has 8 heteroatoms. The summed E-state index contributed by atoms with van der Waals surface area (Å²) >= 11 is 4.73. The number of hydrazone groups is 1. The zero-order valence-electron chi connectivity index (χ0n) is 20.7. The summed E-state index contributed by atoms with van der Waals surface area (Å²) in [6.45, 7) is 8.63. The van der Waals surface area contributed by atoms with Crippen LogP contribution in [0.15, 0.2) is 87.5 Å². The second-order valence-corrected chi connectivity index (χ2v) is 11.3. The molecule has 0 aliphatic rings. The third kappa shape index (κ3) is 6.50. The number of benzene rings is 3. The number of amides is 1. The number of carbonyl (C=O) groups excluding carboxylic acids is 1. The van der Waals surface area contributed by atoms with Gasteiger partial charge in [-0.2, -0.15) is 5.10 Å². The Morgan fingerprint density at radius 2 is 1.67 bits per heavy atom. The van der Waals surface area contributed by atoms with E-state index in [-0.39, 0.29) is 17.1 Å². The van der Waals surface area contributed by atoms with E-state index in [4.69, 9.17) is 0 Å². The summed E-state index contributed by atoms with van der Waals surface area (Å²) in [4.78, 5) is 12.5. The molecule has 0 spiro atoms. The molecular formula is C28H28BrN5OS. The van der Waals surface area contributed by atoms with E-state index in [0.717, 1.165) is 27.1 Å². The summed E-state index contributed by atoms with van der Waals surface area (Å²) in [7, 11) is 0. The van der Waals surface area contributed by atoms with Gasteiger partial charge in [0.05, 0.1) is 12.0 Å². The first-order chi connectivity index (χ1) is 17.2. The Kier molecular flexibility index (Phi) is 8.06. The van der Waals surface area contributed by atoms with Crippen LogP contribution in [-0.4, -0.2) is 32.6 Å². The summed E-state index contributed by atoms with van der Waals surface area (Å²) in [5.74, 6) is 0.670. The summed E-state index contributed by atoms with van der Waals surface area (Å²) in [5, 5.41) is 13.6. The summed E-state index contributed by atoms with van der Waals surface area (Å²) in [5.41, 5.74) is 7.87. The van der Waals surface area contributed by atoms with Gasteiger partial charge in [-0.25, -0.2) is 5.43 Å². The summed E-state index contributed by atoms with van der Waals surface area (Å²) in [6.07, 6.45) is 1.61. The van der Waals surface area contributed by atoms with E-state index in [0.29, 0.717) is 5.16 Å². The average Bonchev–Trinajstić information content (AvgIpc) is 3.28. The zero-order chi connectivity index (χ0) is 25.7. The van der Waals surface area contributed by atoms with Crippen molar-refractivity contribution in [3.8, 4) is 17.1 Å². The van der Waals surface area contributed by atoms with Crippen molar-refractivity contribution in [2.75, 3.05) is 5.75 Å². The van der Waals surface area contributed by atoms with Crippen molar-refractivity contribution in [2.24, 2.45) is 5.10 Å². The molecule has 0 atom stereocenters. The lowest BCUT2D eigenvalue weighted by molar-refractivity contribution is -0.118. The summed E-state index contributed by atoms with van der Waals surface area (Å²) < 4.78 is 2.98. The molecule has 3 aromatic carbocycles. The second-order valence-electron chi connectivity index (χ2n) is 9.44. The zero-order valence-corrected chi connectivity index (χ0v) is 23.1. The minimum absolute atomic E-state index is 0.0668. The molecule has 0 bridgehead atoms. The number of carbonyl (C=O) groups is 1. The first kappa shape index (κ1) is 25.9. The lowest BCUT2D eigenvalue weighted by Gasteiger charge is -2.19. The maximum absolute atomic E-state index is 12.5. The normalized spacial score (nSPS) is 11.7. The number of aromatic nitrogens is 3. The number of hydrogen-bond acceptors (Lipinski definition) is 5. The monoisotopic (exact) mass is 561 g/mol. The highest BCUT2D eigenvalue weighted by molar-refractivity contribution is 9.10. The highest BCUT2D eigenvalue weighted by Gasteiger charge is 2.19. The van der Waals surface area contributed by atoms with E-state index < -0.39 is 0 Å². The first-order valence-electron chi connectivity index (χ1n) is 11.5. The minimum Gasteiger partial charge on any atom is -0.272 e. The van der Waals surface area contributed by atoms with E-state index in [9.17, 15) is 4.79 Å². The van der Waals surface area contributed by atoms with Crippen LogP contribution in [0.5, 0.6) is 0 Å². The molecule has 36 heavy (non-hydrogen) atoms. The van der Waals surface area contributed by atoms with Crippen molar-refractivity contribution in [3.05, 3.63) is 94.0 Å². The Labute approximate surface area is 224 Å². The number of nitrogens with one attached hydrogen (secondary N) is 1. The van der Waals surface area contributed by atoms with Crippen LogP contribution in [0, 0.1) is 6.92 Å². The highest BCUT2D eigenvalue weighted by atomic mass is 79.9. The van der Waals surface area contributed by atoms with E-state index in [1.807, 2.05) is 41.0 Å². The van der Waals surface area contributed by atoms with E-state index >= 15 is 0 Å². The van der Waals surface area contributed by atoms with Crippen LogP contribution in [0.3, 0.4) is 0 Å². The largest absolute Gasteiger partial charge is 0.272 e. The Balaban J connectivity index is 1.53. The first-order valence-corrected chi connectivity index (χ1v) is 13.3. The van der Waals surface area contributed by atoms with Gasteiger partial charge in [0, 0.05) is 15.7 Å². The SMILES string of the molecule is Cc1ccc(-n2c(SCC(=O)N/N=C\c3ccc(Br)cc3)nnc2-c2ccc(C(C)(C)C)cc2)cc1. The van der Waals surface area contributed by atoms with Gasteiger partial charge in [-0.05, 0) is 47.7 Å². The van der Waals surface area contributed by atoms with Crippen LogP contribution in [-0.2, 0) is 10.2 Å². The number of aryl methyl sites for hydroxylation is 1. The second kappa shape index (κ2) is 11.2. The average molecular weight is 563 g/mol. The van der Waals surface area contributed by atoms with Crippen LogP contribution in [0.1, 0.15) is 37.5 Å². The predicted molar refractivity (Wildman–Crippen MR) is 151 cm³/mol. The number of halogens is 1. The van der Waals surface area contributed by atoms with Gasteiger partial charge in [-0.1, -0.05) is 103 Å². The van der Waals surface area contributed by atoms with E-state index in [1.54, 1.807) is 6.21 Å².